The van der Waals surface area contributed by atoms with Crippen molar-refractivity contribution in [1.82, 2.24) is 10.2 Å². The zero-order chi connectivity index (χ0) is 5.28. The normalized spacial score (nSPS) is 7.11. The summed E-state index contributed by atoms with van der Waals surface area (Å²) in [6.45, 7) is 0. The predicted molar refractivity (Wildman–Crippen MR) is 27.0 cm³/mol. The van der Waals surface area contributed by atoms with Crippen LogP contribution in [0, 0.1) is 0 Å². The third kappa shape index (κ3) is 2.15. The summed E-state index contributed by atoms with van der Waals surface area (Å²) in [5.74, 6) is 5.48. The summed E-state index contributed by atoms with van der Waals surface area (Å²) in [7, 11) is 0. The van der Waals surface area contributed by atoms with Gasteiger partial charge in [-0.1, -0.05) is 0 Å². The summed E-state index contributed by atoms with van der Waals surface area (Å²) < 4.78 is 1.19. The minimum Gasteiger partial charge on any atom is -1.00 e. The SMILES string of the molecule is Nc1[nH]nc[n+]1N.O.[Cl-]. The van der Waals surface area contributed by atoms with Gasteiger partial charge in [0.05, 0.1) is 0 Å². The maximum atomic E-state index is 5.16. The Labute approximate surface area is 57.5 Å². The van der Waals surface area contributed by atoms with Crippen molar-refractivity contribution >= 4 is 5.95 Å². The van der Waals surface area contributed by atoms with Crippen LogP contribution in [0.3, 0.4) is 0 Å². The second-order valence-electron chi connectivity index (χ2n) is 1.15. The fourth-order valence-corrected chi connectivity index (χ4v) is 0.277. The van der Waals surface area contributed by atoms with Crippen molar-refractivity contribution in [1.29, 1.82) is 0 Å². The van der Waals surface area contributed by atoms with E-state index in [9.17, 15) is 0 Å². The molecule has 0 aliphatic carbocycles. The Morgan fingerprint density at radius 2 is 2.22 bits per heavy atom. The number of anilines is 1. The number of nitrogens with one attached hydrogen (secondary N) is 1. The number of H-pyrrole nitrogens is 1. The van der Waals surface area contributed by atoms with Crippen LogP contribution in [0.25, 0.3) is 0 Å². The average molecular weight is 154 g/mol. The Bertz CT molecular complexity index is 147. The number of aromatic amines is 1. The Hall–Kier alpha value is -1.01. The second-order valence-corrected chi connectivity index (χ2v) is 1.15. The fourth-order valence-electron chi connectivity index (χ4n) is 0.277. The Morgan fingerprint density at radius 1 is 1.67 bits per heavy atom. The minimum atomic E-state index is 0. The number of rotatable bonds is 0. The molecule has 0 saturated heterocycles. The predicted octanol–water partition coefficient (Wildman–Crippen LogP) is -5.83. The molecule has 1 aromatic heterocycles. The van der Waals surface area contributed by atoms with E-state index >= 15 is 0 Å². The first-order chi connectivity index (χ1) is 3.30. The molecule has 0 radical (unpaired) electrons. The molecule has 1 rings (SSSR count). The number of hydrogen-bond acceptors (Lipinski definition) is 3. The van der Waals surface area contributed by atoms with Crippen LogP contribution in [0.4, 0.5) is 5.95 Å². The molecule has 0 bridgehead atoms. The second kappa shape index (κ2) is 3.93. The van der Waals surface area contributed by atoms with Crippen LogP contribution in [0.1, 0.15) is 0 Å². The number of nitrogen functional groups attached to an aromatic ring is 2. The average Bonchev–Trinajstić information content (AvgIpc) is 1.91. The Morgan fingerprint density at radius 3 is 2.33 bits per heavy atom. The van der Waals surface area contributed by atoms with Crippen molar-refractivity contribution in [3.63, 3.8) is 0 Å². The van der Waals surface area contributed by atoms with Crippen molar-refractivity contribution in [2.24, 2.45) is 0 Å². The minimum absolute atomic E-state index is 0. The van der Waals surface area contributed by atoms with E-state index in [1.54, 1.807) is 0 Å². The summed E-state index contributed by atoms with van der Waals surface area (Å²) in [5.41, 5.74) is 5.16. The van der Waals surface area contributed by atoms with Crippen molar-refractivity contribution in [2.75, 3.05) is 11.6 Å². The molecule has 0 spiro atoms. The molecule has 0 amide bonds. The van der Waals surface area contributed by atoms with Gasteiger partial charge in [0.15, 0.2) is 0 Å². The summed E-state index contributed by atoms with van der Waals surface area (Å²) in [5, 5.41) is 5.94. The molecule has 7 N–H and O–H groups in total. The maximum Gasteiger partial charge on any atom is 0.360 e. The molecular weight excluding hydrogens is 146 g/mol. The lowest BCUT2D eigenvalue weighted by molar-refractivity contribution is -0.623. The van der Waals surface area contributed by atoms with Crippen molar-refractivity contribution in [3.8, 4) is 0 Å². The lowest BCUT2D eigenvalue weighted by Crippen LogP contribution is -3.00. The third-order valence-electron chi connectivity index (χ3n) is 0.639. The van der Waals surface area contributed by atoms with Gasteiger partial charge in [-0.3, -0.25) is 5.84 Å². The number of nitrogens with zero attached hydrogens (tertiary/aromatic N) is 2. The zero-order valence-electron chi connectivity index (χ0n) is 4.50. The molecule has 54 valence electrons. The van der Waals surface area contributed by atoms with Gasteiger partial charge >= 0.3 is 5.95 Å². The van der Waals surface area contributed by atoms with Crippen LogP contribution in [0.5, 0.6) is 0 Å². The van der Waals surface area contributed by atoms with E-state index in [0.717, 1.165) is 0 Å². The topological polar surface area (TPSA) is 116 Å². The molecule has 0 aliphatic heterocycles. The number of aromatic nitrogens is 3. The number of nitrogens with two attached hydrogens (primary N) is 2. The van der Waals surface area contributed by atoms with Crippen LogP contribution in [-0.2, 0) is 0 Å². The van der Waals surface area contributed by atoms with Crippen molar-refractivity contribution in [2.45, 2.75) is 0 Å². The van der Waals surface area contributed by atoms with Crippen LogP contribution >= 0.6 is 0 Å². The molecule has 1 aromatic rings. The first kappa shape index (κ1) is 10.9. The Kier molecular flexibility index (Phi) is 4.75. The third-order valence-corrected chi connectivity index (χ3v) is 0.639. The first-order valence-electron chi connectivity index (χ1n) is 1.76. The van der Waals surface area contributed by atoms with E-state index in [-0.39, 0.29) is 17.9 Å². The molecule has 7 heteroatoms. The van der Waals surface area contributed by atoms with E-state index in [4.69, 9.17) is 11.6 Å². The molecule has 0 aliphatic rings. The molecule has 0 unspecified atom stereocenters. The molecule has 1 heterocycles. The van der Waals surface area contributed by atoms with Gasteiger partial charge < -0.3 is 23.6 Å². The van der Waals surface area contributed by atoms with E-state index in [1.165, 1.54) is 11.0 Å². The van der Waals surface area contributed by atoms with Gasteiger partial charge in [-0.05, 0) is 5.10 Å². The lowest BCUT2D eigenvalue weighted by Gasteiger charge is -1.77. The highest BCUT2D eigenvalue weighted by atomic mass is 35.5. The van der Waals surface area contributed by atoms with Crippen LogP contribution < -0.4 is 28.7 Å². The number of halogens is 1. The van der Waals surface area contributed by atoms with Gasteiger partial charge in [0.25, 0.3) is 6.33 Å². The standard InChI is InChI=1S/C2H5N5.ClH.H2O/c3-2-6-5-1-7(2)4;;/h1H,4H2,(H2,3,6);1H;1H2. The summed E-state index contributed by atoms with van der Waals surface area (Å²) >= 11 is 0. The fraction of sp³-hybridized carbons (Fsp3) is 0. The van der Waals surface area contributed by atoms with Crippen LogP contribution in [-0.4, -0.2) is 15.7 Å². The molecule has 0 aromatic carbocycles. The van der Waals surface area contributed by atoms with E-state index in [0.29, 0.717) is 5.95 Å². The molecule has 0 saturated carbocycles. The maximum absolute atomic E-state index is 5.16. The smallest absolute Gasteiger partial charge is 0.360 e. The van der Waals surface area contributed by atoms with E-state index < -0.39 is 0 Å². The van der Waals surface area contributed by atoms with Gasteiger partial charge in [-0.15, -0.1) is 9.77 Å². The van der Waals surface area contributed by atoms with Gasteiger partial charge in [-0.25, -0.2) is 0 Å². The monoisotopic (exact) mass is 153 g/mol. The van der Waals surface area contributed by atoms with Crippen molar-refractivity contribution < 1.29 is 22.6 Å². The van der Waals surface area contributed by atoms with Gasteiger partial charge in [0.1, 0.15) is 0 Å². The lowest BCUT2D eigenvalue weighted by atomic mass is 11.1. The molecule has 0 fully saturated rings. The Balaban J connectivity index is 0. The van der Waals surface area contributed by atoms with Crippen LogP contribution in [0.2, 0.25) is 0 Å². The number of hydrogen-bond donors (Lipinski definition) is 3. The molecule has 0 atom stereocenters. The van der Waals surface area contributed by atoms with Gasteiger partial charge in [0.2, 0.25) is 0 Å². The summed E-state index contributed by atoms with van der Waals surface area (Å²) in [6.07, 6.45) is 1.38. The van der Waals surface area contributed by atoms with Gasteiger partial charge in [-0.2, -0.15) is 0 Å². The highest BCUT2D eigenvalue weighted by Gasteiger charge is 1.96. The van der Waals surface area contributed by atoms with E-state index in [1.807, 2.05) is 0 Å². The largest absolute Gasteiger partial charge is 1.00 e. The van der Waals surface area contributed by atoms with E-state index in [2.05, 4.69) is 10.2 Å². The van der Waals surface area contributed by atoms with Crippen molar-refractivity contribution in [3.05, 3.63) is 6.33 Å². The summed E-state index contributed by atoms with van der Waals surface area (Å²) in [4.78, 5) is 0. The molecular formula is C2H8ClN5O. The quantitative estimate of drug-likeness (QED) is 0.255. The first-order valence-corrected chi connectivity index (χ1v) is 1.76. The molecule has 6 nitrogen and oxygen atoms in total. The van der Waals surface area contributed by atoms with Gasteiger partial charge in [0, 0.05) is 0 Å². The highest BCUT2D eigenvalue weighted by Crippen LogP contribution is 1.71. The summed E-state index contributed by atoms with van der Waals surface area (Å²) in [6, 6.07) is 0. The van der Waals surface area contributed by atoms with Crippen LogP contribution in [0.15, 0.2) is 6.33 Å². The highest BCUT2D eigenvalue weighted by molar-refractivity contribution is 4.98. The zero-order valence-corrected chi connectivity index (χ0v) is 5.26. The molecule has 9 heavy (non-hydrogen) atoms.